The molecule has 1 aliphatic carbocycles. The Bertz CT molecular complexity index is 966. The second-order valence-corrected chi connectivity index (χ2v) is 9.64. The topological polar surface area (TPSA) is 125 Å². The molecule has 3 rings (SSSR count). The summed E-state index contributed by atoms with van der Waals surface area (Å²) in [7, 11) is -3.97. The smallest absolute Gasteiger partial charge is 0.328 e. The van der Waals surface area contributed by atoms with Gasteiger partial charge in [-0.1, -0.05) is 31.4 Å². The Hall–Kier alpha value is -2.88. The number of nitrogens with one attached hydrogen (secondary N) is 3. The summed E-state index contributed by atoms with van der Waals surface area (Å²) in [4.78, 5) is 36.9. The van der Waals surface area contributed by atoms with E-state index >= 15 is 0 Å². The average molecular weight is 449 g/mol. The fraction of sp³-hybridized carbons (Fsp3) is 0.476. The number of hydrogen-bond acceptors (Lipinski definition) is 5. The standard InChI is InChI=1S/C21H28N4O5S/c1-15-13-19(26)25(14-15)21(28)22-12-11-16-7-9-18(10-8-16)31(29,30)24-20(27)23-17-5-3-2-4-6-17/h7-10,13,17H,2-6,11-12,14H2,1H3,(H,22,28)(H2,23,24,27). The van der Waals surface area contributed by atoms with Crippen molar-refractivity contribution >= 4 is 28.0 Å². The molecule has 0 aromatic heterocycles. The highest BCUT2D eigenvalue weighted by atomic mass is 32.2. The van der Waals surface area contributed by atoms with E-state index in [0.717, 1.165) is 48.1 Å². The van der Waals surface area contributed by atoms with Crippen LogP contribution in [0.5, 0.6) is 0 Å². The number of nitrogens with zero attached hydrogens (tertiary/aromatic N) is 1. The minimum atomic E-state index is -3.97. The molecule has 0 atom stereocenters. The Morgan fingerprint density at radius 2 is 1.77 bits per heavy atom. The maximum Gasteiger partial charge on any atom is 0.328 e. The van der Waals surface area contributed by atoms with Gasteiger partial charge in [-0.25, -0.2) is 22.7 Å². The van der Waals surface area contributed by atoms with Crippen LogP contribution in [0.15, 0.2) is 40.8 Å². The first-order chi connectivity index (χ1) is 14.7. The molecule has 10 heteroatoms. The number of benzene rings is 1. The summed E-state index contributed by atoms with van der Waals surface area (Å²) in [6, 6.07) is 4.95. The third-order valence-corrected chi connectivity index (χ3v) is 6.73. The minimum Gasteiger partial charge on any atom is -0.337 e. The maximum absolute atomic E-state index is 12.4. The number of hydrogen-bond donors (Lipinski definition) is 3. The highest BCUT2D eigenvalue weighted by Crippen LogP contribution is 2.17. The molecule has 0 saturated heterocycles. The first-order valence-corrected chi connectivity index (χ1v) is 11.9. The molecule has 168 valence electrons. The second-order valence-electron chi connectivity index (χ2n) is 7.95. The first kappa shape index (κ1) is 22.8. The van der Waals surface area contributed by atoms with E-state index in [1.807, 2.05) is 0 Å². The third kappa shape index (κ3) is 6.30. The molecule has 2 aliphatic rings. The zero-order valence-corrected chi connectivity index (χ0v) is 18.3. The van der Waals surface area contributed by atoms with E-state index in [4.69, 9.17) is 0 Å². The summed E-state index contributed by atoms with van der Waals surface area (Å²) in [6.07, 6.45) is 6.83. The number of amides is 5. The Kier molecular flexibility index (Phi) is 7.32. The molecule has 1 saturated carbocycles. The monoisotopic (exact) mass is 448 g/mol. The molecule has 1 aliphatic heterocycles. The average Bonchev–Trinajstić information content (AvgIpc) is 3.06. The quantitative estimate of drug-likeness (QED) is 0.614. The predicted molar refractivity (Wildman–Crippen MR) is 115 cm³/mol. The van der Waals surface area contributed by atoms with Crippen LogP contribution in [0.3, 0.4) is 0 Å². The van der Waals surface area contributed by atoms with Crippen LogP contribution in [-0.4, -0.2) is 50.4 Å². The molecule has 31 heavy (non-hydrogen) atoms. The van der Waals surface area contributed by atoms with Crippen molar-refractivity contribution in [2.24, 2.45) is 0 Å². The SMILES string of the molecule is CC1=CC(=O)N(C(=O)NCCc2ccc(S(=O)(=O)NC(=O)NC3CCCCC3)cc2)C1. The van der Waals surface area contributed by atoms with Crippen molar-refractivity contribution in [1.82, 2.24) is 20.3 Å². The van der Waals surface area contributed by atoms with E-state index in [1.165, 1.54) is 18.2 Å². The van der Waals surface area contributed by atoms with E-state index in [9.17, 15) is 22.8 Å². The zero-order chi connectivity index (χ0) is 22.4. The van der Waals surface area contributed by atoms with E-state index in [2.05, 4.69) is 15.4 Å². The van der Waals surface area contributed by atoms with E-state index in [1.54, 1.807) is 19.1 Å². The summed E-state index contributed by atoms with van der Waals surface area (Å²) in [6.45, 7) is 2.38. The number of carbonyl (C=O) groups is 3. The maximum atomic E-state index is 12.4. The molecule has 0 spiro atoms. The van der Waals surface area contributed by atoms with Crippen molar-refractivity contribution in [2.75, 3.05) is 13.1 Å². The lowest BCUT2D eigenvalue weighted by atomic mass is 9.96. The van der Waals surface area contributed by atoms with Gasteiger partial charge in [0.15, 0.2) is 0 Å². The molecule has 1 aromatic rings. The minimum absolute atomic E-state index is 0.0108. The van der Waals surface area contributed by atoms with Gasteiger partial charge in [0.25, 0.3) is 15.9 Å². The van der Waals surface area contributed by atoms with Crippen LogP contribution in [-0.2, 0) is 21.2 Å². The molecule has 0 radical (unpaired) electrons. The first-order valence-electron chi connectivity index (χ1n) is 10.4. The zero-order valence-electron chi connectivity index (χ0n) is 17.5. The lowest BCUT2D eigenvalue weighted by molar-refractivity contribution is -0.122. The number of carbonyl (C=O) groups excluding carboxylic acids is 3. The van der Waals surface area contributed by atoms with Crippen molar-refractivity contribution in [1.29, 1.82) is 0 Å². The molecule has 0 bridgehead atoms. The summed E-state index contributed by atoms with van der Waals surface area (Å²) in [5, 5.41) is 5.41. The van der Waals surface area contributed by atoms with Gasteiger partial charge in [-0.15, -0.1) is 0 Å². The van der Waals surface area contributed by atoms with Crippen LogP contribution in [0.2, 0.25) is 0 Å². The number of sulfonamides is 1. The predicted octanol–water partition coefficient (Wildman–Crippen LogP) is 2.05. The number of urea groups is 2. The van der Waals surface area contributed by atoms with Crippen molar-refractivity contribution in [3.63, 3.8) is 0 Å². The van der Waals surface area contributed by atoms with Gasteiger partial charge in [-0.2, -0.15) is 0 Å². The van der Waals surface area contributed by atoms with Crippen LogP contribution in [0.1, 0.15) is 44.6 Å². The molecular formula is C21H28N4O5S. The molecule has 9 nitrogen and oxygen atoms in total. The summed E-state index contributed by atoms with van der Waals surface area (Å²) >= 11 is 0. The van der Waals surface area contributed by atoms with Gasteiger partial charge in [0.05, 0.1) is 11.4 Å². The molecule has 1 fully saturated rings. The van der Waals surface area contributed by atoms with E-state index in [-0.39, 0.29) is 16.8 Å². The van der Waals surface area contributed by atoms with Crippen LogP contribution in [0.25, 0.3) is 0 Å². The second kappa shape index (κ2) is 9.95. The van der Waals surface area contributed by atoms with Crippen LogP contribution < -0.4 is 15.4 Å². The van der Waals surface area contributed by atoms with Crippen molar-refractivity contribution in [2.45, 2.75) is 56.4 Å². The lowest BCUT2D eigenvalue weighted by Gasteiger charge is -2.22. The van der Waals surface area contributed by atoms with Gasteiger partial charge in [0.2, 0.25) is 0 Å². The van der Waals surface area contributed by atoms with E-state index in [0.29, 0.717) is 19.5 Å². The van der Waals surface area contributed by atoms with Crippen LogP contribution >= 0.6 is 0 Å². The normalized spacial score (nSPS) is 17.3. The van der Waals surface area contributed by atoms with Crippen LogP contribution in [0, 0.1) is 0 Å². The molecular weight excluding hydrogens is 420 g/mol. The Labute approximate surface area is 182 Å². The fourth-order valence-corrected chi connectivity index (χ4v) is 4.64. The molecule has 3 N–H and O–H groups in total. The number of imide groups is 1. The van der Waals surface area contributed by atoms with Gasteiger partial charge in [0.1, 0.15) is 0 Å². The van der Waals surface area contributed by atoms with E-state index < -0.39 is 22.1 Å². The van der Waals surface area contributed by atoms with Gasteiger partial charge in [0, 0.05) is 18.7 Å². The van der Waals surface area contributed by atoms with Gasteiger partial charge >= 0.3 is 12.1 Å². The summed E-state index contributed by atoms with van der Waals surface area (Å²) in [5.74, 6) is -0.329. The van der Waals surface area contributed by atoms with Crippen molar-refractivity contribution in [3.05, 3.63) is 41.5 Å². The largest absolute Gasteiger partial charge is 0.337 e. The molecule has 5 amide bonds. The molecule has 0 unspecified atom stereocenters. The highest BCUT2D eigenvalue weighted by molar-refractivity contribution is 7.90. The fourth-order valence-electron chi connectivity index (χ4n) is 3.72. The van der Waals surface area contributed by atoms with Gasteiger partial charge < -0.3 is 10.6 Å². The van der Waals surface area contributed by atoms with Gasteiger partial charge in [-0.05, 0) is 49.5 Å². The third-order valence-electron chi connectivity index (χ3n) is 5.38. The summed E-state index contributed by atoms with van der Waals surface area (Å²) < 4.78 is 26.9. The van der Waals surface area contributed by atoms with Crippen molar-refractivity contribution in [3.8, 4) is 0 Å². The molecule has 1 heterocycles. The molecule has 1 aromatic carbocycles. The summed E-state index contributed by atoms with van der Waals surface area (Å²) in [5.41, 5.74) is 1.64. The lowest BCUT2D eigenvalue weighted by Crippen LogP contribution is -2.45. The Morgan fingerprint density at radius 1 is 1.10 bits per heavy atom. The van der Waals surface area contributed by atoms with Gasteiger partial charge in [-0.3, -0.25) is 9.69 Å². The highest BCUT2D eigenvalue weighted by Gasteiger charge is 2.25. The van der Waals surface area contributed by atoms with Crippen molar-refractivity contribution < 1.29 is 22.8 Å². The Morgan fingerprint density at radius 3 is 2.39 bits per heavy atom. The van der Waals surface area contributed by atoms with Crippen LogP contribution in [0.4, 0.5) is 9.59 Å². The Balaban J connectivity index is 1.46. The number of rotatable bonds is 6.